The fourth-order valence-corrected chi connectivity index (χ4v) is 7.94. The molecule has 0 saturated heterocycles. The van der Waals surface area contributed by atoms with Crippen LogP contribution in [0, 0.1) is 11.3 Å². The smallest absolute Gasteiger partial charge is 0.0991 e. The molecule has 0 radical (unpaired) electrons. The third-order valence-electron chi connectivity index (χ3n) is 10.5. The van der Waals surface area contributed by atoms with E-state index in [1.54, 1.807) is 0 Å². The predicted octanol–water partition coefficient (Wildman–Crippen LogP) is 13.7. The third-order valence-corrected chi connectivity index (χ3v) is 10.5. The molecule has 0 amide bonds. The maximum atomic E-state index is 9.42. The van der Waals surface area contributed by atoms with E-state index in [1.165, 1.54) is 60.2 Å². The maximum absolute atomic E-state index is 9.42. The van der Waals surface area contributed by atoms with Gasteiger partial charge in [0.25, 0.3) is 0 Å². The lowest BCUT2D eigenvalue weighted by molar-refractivity contribution is 1.18. The number of anilines is 3. The first-order chi connectivity index (χ1) is 26.7. The van der Waals surface area contributed by atoms with E-state index in [0.717, 1.165) is 28.2 Å². The van der Waals surface area contributed by atoms with E-state index in [-0.39, 0.29) is 0 Å². The second kappa shape index (κ2) is 13.0. The molecule has 10 aromatic rings. The number of hydrogen-bond acceptors (Lipinski definition) is 2. The van der Waals surface area contributed by atoms with Crippen molar-refractivity contribution in [2.75, 3.05) is 4.90 Å². The van der Waals surface area contributed by atoms with Crippen molar-refractivity contribution in [3.63, 3.8) is 0 Å². The summed E-state index contributed by atoms with van der Waals surface area (Å²) in [5.41, 5.74) is 12.1. The van der Waals surface area contributed by atoms with Crippen molar-refractivity contribution in [1.29, 1.82) is 5.26 Å². The Morgan fingerprint density at radius 3 is 1.83 bits per heavy atom. The molecule has 0 atom stereocenters. The average molecular weight is 688 g/mol. The lowest BCUT2D eigenvalue weighted by Crippen LogP contribution is -2.10. The van der Waals surface area contributed by atoms with Gasteiger partial charge in [0, 0.05) is 33.2 Å². The number of hydrogen-bond donors (Lipinski definition) is 0. The van der Waals surface area contributed by atoms with Gasteiger partial charge in [-0.2, -0.15) is 5.26 Å². The number of rotatable bonds is 7. The van der Waals surface area contributed by atoms with Gasteiger partial charge < -0.3 is 9.47 Å². The Hall–Kier alpha value is -7.41. The van der Waals surface area contributed by atoms with Crippen molar-refractivity contribution in [3.05, 3.63) is 205 Å². The molecule has 1 heterocycles. The van der Waals surface area contributed by atoms with Crippen molar-refractivity contribution >= 4 is 72.6 Å². The topological polar surface area (TPSA) is 32.0 Å². The van der Waals surface area contributed by atoms with Crippen LogP contribution in [-0.2, 0) is 0 Å². The van der Waals surface area contributed by atoms with Gasteiger partial charge in [-0.15, -0.1) is 0 Å². The van der Waals surface area contributed by atoms with Gasteiger partial charge in [-0.1, -0.05) is 127 Å². The van der Waals surface area contributed by atoms with E-state index >= 15 is 0 Å². The molecule has 0 aliphatic rings. The van der Waals surface area contributed by atoms with Gasteiger partial charge >= 0.3 is 0 Å². The van der Waals surface area contributed by atoms with Gasteiger partial charge in [0.05, 0.1) is 28.4 Å². The first-order valence-corrected chi connectivity index (χ1v) is 18.2. The van der Waals surface area contributed by atoms with Crippen LogP contribution in [0.15, 0.2) is 188 Å². The van der Waals surface area contributed by atoms with Crippen LogP contribution in [-0.4, -0.2) is 4.57 Å². The number of nitrogens with zero attached hydrogens (tertiary/aromatic N) is 3. The van der Waals surface area contributed by atoms with Crippen molar-refractivity contribution in [2.45, 2.75) is 0 Å². The van der Waals surface area contributed by atoms with Crippen LogP contribution >= 0.6 is 0 Å². The van der Waals surface area contributed by atoms with E-state index in [1.807, 2.05) is 24.3 Å². The number of benzene rings is 9. The van der Waals surface area contributed by atoms with E-state index < -0.39 is 0 Å². The zero-order chi connectivity index (χ0) is 36.0. The van der Waals surface area contributed by atoms with Crippen molar-refractivity contribution in [3.8, 4) is 22.9 Å². The SMILES string of the molecule is N#Cc1ccc(N(c2ccc(C=Cc3ccc(-c4cc5ccc6cccc7c6c5c(c4)n7-c4ccccc4)cc3)cc2)c2cccc3ccccc23)cc1. The summed E-state index contributed by atoms with van der Waals surface area (Å²) in [5.74, 6) is 0. The molecule has 3 heteroatoms. The number of para-hydroxylation sites is 1. The van der Waals surface area contributed by atoms with Crippen molar-refractivity contribution in [1.82, 2.24) is 4.57 Å². The van der Waals surface area contributed by atoms with Crippen LogP contribution in [0.1, 0.15) is 16.7 Å². The Morgan fingerprint density at radius 1 is 0.463 bits per heavy atom. The number of fused-ring (bicyclic) bond motifs is 1. The Labute approximate surface area is 313 Å². The summed E-state index contributed by atoms with van der Waals surface area (Å²) < 4.78 is 2.40. The van der Waals surface area contributed by atoms with Crippen LogP contribution in [0.3, 0.4) is 0 Å². The molecule has 54 heavy (non-hydrogen) atoms. The second-order valence-electron chi connectivity index (χ2n) is 13.7. The molecule has 3 nitrogen and oxygen atoms in total. The Morgan fingerprint density at radius 2 is 1.07 bits per heavy atom. The lowest BCUT2D eigenvalue weighted by atomic mass is 9.97. The van der Waals surface area contributed by atoms with Gasteiger partial charge in [0.15, 0.2) is 0 Å². The molecule has 10 rings (SSSR count). The largest absolute Gasteiger partial charge is 0.310 e. The average Bonchev–Trinajstić information content (AvgIpc) is 3.58. The minimum absolute atomic E-state index is 0.642. The second-order valence-corrected chi connectivity index (χ2v) is 13.7. The molecule has 0 aliphatic heterocycles. The monoisotopic (exact) mass is 687 g/mol. The molecule has 0 fully saturated rings. The Bertz CT molecular complexity index is 3010. The van der Waals surface area contributed by atoms with Crippen LogP contribution in [0.5, 0.6) is 0 Å². The summed E-state index contributed by atoms with van der Waals surface area (Å²) >= 11 is 0. The fourth-order valence-electron chi connectivity index (χ4n) is 7.94. The zero-order valence-electron chi connectivity index (χ0n) is 29.4. The highest BCUT2D eigenvalue weighted by Gasteiger charge is 2.18. The van der Waals surface area contributed by atoms with Crippen LogP contribution in [0.4, 0.5) is 17.1 Å². The summed E-state index contributed by atoms with van der Waals surface area (Å²) in [6.07, 6.45) is 4.34. The minimum atomic E-state index is 0.642. The van der Waals surface area contributed by atoms with Crippen LogP contribution < -0.4 is 4.90 Å². The molecular formula is C51H33N3. The summed E-state index contributed by atoms with van der Waals surface area (Å²) in [5, 5.41) is 16.9. The van der Waals surface area contributed by atoms with E-state index in [9.17, 15) is 5.26 Å². The van der Waals surface area contributed by atoms with Gasteiger partial charge in [0.1, 0.15) is 0 Å². The first-order valence-electron chi connectivity index (χ1n) is 18.2. The molecule has 252 valence electrons. The highest BCUT2D eigenvalue weighted by Crippen LogP contribution is 2.42. The standard InChI is InChI=1S/C51H33N3/c52-34-37-22-30-45(31-23-37)53(47-14-6-9-39-8-4-5-13-46(39)47)44-28-20-36(21-29-44)17-16-35-18-24-38(25-19-35)42-32-41-27-26-40-10-7-15-48-50(40)51(41)49(33-42)54(48)43-11-2-1-3-12-43/h1-33H. The molecule has 0 aliphatic carbocycles. The summed E-state index contributed by atoms with van der Waals surface area (Å²) in [6, 6.07) is 68.8. The third kappa shape index (κ3) is 5.37. The molecule has 0 unspecified atom stereocenters. The summed E-state index contributed by atoms with van der Waals surface area (Å²) in [4.78, 5) is 2.26. The van der Waals surface area contributed by atoms with Gasteiger partial charge in [-0.3, -0.25) is 0 Å². The van der Waals surface area contributed by atoms with Crippen molar-refractivity contribution in [2.24, 2.45) is 0 Å². The Balaban J connectivity index is 0.959. The molecule has 0 spiro atoms. The molecule has 0 bridgehead atoms. The summed E-state index contributed by atoms with van der Waals surface area (Å²) in [6.45, 7) is 0. The van der Waals surface area contributed by atoms with Gasteiger partial charge in [0.2, 0.25) is 0 Å². The summed E-state index contributed by atoms with van der Waals surface area (Å²) in [7, 11) is 0. The number of nitriles is 1. The highest BCUT2D eigenvalue weighted by atomic mass is 15.1. The lowest BCUT2D eigenvalue weighted by Gasteiger charge is -2.27. The normalized spacial score (nSPS) is 11.6. The zero-order valence-corrected chi connectivity index (χ0v) is 29.4. The first kappa shape index (κ1) is 31.3. The van der Waals surface area contributed by atoms with Gasteiger partial charge in [-0.25, -0.2) is 0 Å². The minimum Gasteiger partial charge on any atom is -0.310 e. The predicted molar refractivity (Wildman–Crippen MR) is 227 cm³/mol. The molecule has 9 aromatic carbocycles. The molecular weight excluding hydrogens is 655 g/mol. The van der Waals surface area contributed by atoms with Crippen LogP contribution in [0.25, 0.3) is 72.3 Å². The van der Waals surface area contributed by atoms with E-state index in [2.05, 4.69) is 191 Å². The maximum Gasteiger partial charge on any atom is 0.0991 e. The number of aromatic nitrogens is 1. The quantitative estimate of drug-likeness (QED) is 0.123. The fraction of sp³-hybridized carbons (Fsp3) is 0. The molecule has 0 saturated carbocycles. The van der Waals surface area contributed by atoms with E-state index in [0.29, 0.717) is 5.56 Å². The van der Waals surface area contributed by atoms with Crippen LogP contribution in [0.2, 0.25) is 0 Å². The highest BCUT2D eigenvalue weighted by molar-refractivity contribution is 6.25. The van der Waals surface area contributed by atoms with E-state index in [4.69, 9.17) is 0 Å². The Kier molecular flexibility index (Phi) is 7.53. The molecule has 1 aromatic heterocycles. The molecule has 0 N–H and O–H groups in total. The van der Waals surface area contributed by atoms with Gasteiger partial charge in [-0.05, 0) is 111 Å². The van der Waals surface area contributed by atoms with Crippen molar-refractivity contribution < 1.29 is 0 Å².